The van der Waals surface area contributed by atoms with Crippen molar-refractivity contribution in [1.29, 1.82) is 0 Å². The van der Waals surface area contributed by atoms with Crippen LogP contribution in [0.25, 0.3) is 0 Å². The van der Waals surface area contributed by atoms with Crippen LogP contribution in [-0.4, -0.2) is 46.7 Å². The van der Waals surface area contributed by atoms with Crippen molar-refractivity contribution >= 4 is 0 Å². The van der Waals surface area contributed by atoms with Gasteiger partial charge in [0.05, 0.1) is 0 Å². The molecule has 1 saturated heterocycles. The van der Waals surface area contributed by atoms with Crippen LogP contribution in [0.3, 0.4) is 0 Å². The minimum absolute atomic E-state index is 0.600. The Hall–Kier alpha value is -0.870. The molecule has 0 bridgehead atoms. The number of hydrogen-bond donors (Lipinski definition) is 1. The molecule has 108 valence electrons. The number of likely N-dealkylation sites (tertiary alicyclic amines) is 1. The van der Waals surface area contributed by atoms with E-state index in [0.717, 1.165) is 25.4 Å². The number of hydrogen-bond acceptors (Lipinski definition) is 3. The molecule has 0 amide bonds. The molecule has 1 atom stereocenters. The topological polar surface area (TPSA) is 33.1 Å². The molecule has 2 heterocycles. The molecule has 1 aliphatic heterocycles. The second kappa shape index (κ2) is 7.06. The molecule has 1 aromatic heterocycles. The molecule has 0 radical (unpaired) electrons. The first kappa shape index (κ1) is 14.5. The Bertz CT molecular complexity index is 372. The number of nitrogens with one attached hydrogen (secondary N) is 1. The third kappa shape index (κ3) is 4.62. The van der Waals surface area contributed by atoms with Crippen molar-refractivity contribution in [2.24, 2.45) is 13.0 Å². The van der Waals surface area contributed by atoms with Gasteiger partial charge in [-0.05, 0) is 31.8 Å². The zero-order valence-electron chi connectivity index (χ0n) is 12.6. The van der Waals surface area contributed by atoms with Crippen LogP contribution in [0.4, 0.5) is 0 Å². The van der Waals surface area contributed by atoms with Gasteiger partial charge in [0.1, 0.15) is 5.82 Å². The van der Waals surface area contributed by atoms with Gasteiger partial charge in [0.15, 0.2) is 0 Å². The highest BCUT2D eigenvalue weighted by Crippen LogP contribution is 2.16. The summed E-state index contributed by atoms with van der Waals surface area (Å²) in [5, 5.41) is 3.57. The summed E-state index contributed by atoms with van der Waals surface area (Å²) in [7, 11) is 2.08. The summed E-state index contributed by atoms with van der Waals surface area (Å²) in [4.78, 5) is 7.00. The van der Waals surface area contributed by atoms with E-state index in [1.165, 1.54) is 31.8 Å². The van der Waals surface area contributed by atoms with Gasteiger partial charge in [0.2, 0.25) is 0 Å². The monoisotopic (exact) mass is 264 g/mol. The Balaban J connectivity index is 1.73. The zero-order valence-corrected chi connectivity index (χ0v) is 12.6. The van der Waals surface area contributed by atoms with E-state index in [1.807, 2.05) is 12.4 Å². The first-order chi connectivity index (χ1) is 9.15. The molecule has 1 aliphatic rings. The molecule has 0 aliphatic carbocycles. The largest absolute Gasteiger partial charge is 0.338 e. The van der Waals surface area contributed by atoms with Gasteiger partial charge in [-0.15, -0.1) is 0 Å². The van der Waals surface area contributed by atoms with Gasteiger partial charge in [0, 0.05) is 45.0 Å². The molecule has 19 heavy (non-hydrogen) atoms. The Morgan fingerprint density at radius 2 is 2.32 bits per heavy atom. The van der Waals surface area contributed by atoms with E-state index in [9.17, 15) is 0 Å². The minimum Gasteiger partial charge on any atom is -0.338 e. The maximum atomic E-state index is 4.40. The van der Waals surface area contributed by atoms with Crippen LogP contribution in [0.5, 0.6) is 0 Å². The van der Waals surface area contributed by atoms with Gasteiger partial charge in [-0.3, -0.25) is 0 Å². The number of piperidine rings is 1. The maximum Gasteiger partial charge on any atom is 0.109 e. The molecule has 4 nitrogen and oxygen atoms in total. The van der Waals surface area contributed by atoms with E-state index in [2.05, 4.69) is 40.7 Å². The molecule has 1 aromatic rings. The summed E-state index contributed by atoms with van der Waals surface area (Å²) in [5.41, 5.74) is 0. The van der Waals surface area contributed by atoms with Crippen molar-refractivity contribution in [2.45, 2.75) is 39.2 Å². The second-order valence-electron chi connectivity index (χ2n) is 6.08. The lowest BCUT2D eigenvalue weighted by atomic mass is 9.97. The van der Waals surface area contributed by atoms with E-state index >= 15 is 0 Å². The number of aromatic nitrogens is 2. The van der Waals surface area contributed by atoms with E-state index in [4.69, 9.17) is 0 Å². The highest BCUT2D eigenvalue weighted by Gasteiger charge is 2.19. The van der Waals surface area contributed by atoms with Gasteiger partial charge in [-0.25, -0.2) is 4.98 Å². The predicted octanol–water partition coefficient (Wildman–Crippen LogP) is 1.67. The Kier molecular flexibility index (Phi) is 5.40. The summed E-state index contributed by atoms with van der Waals surface area (Å²) in [6.45, 7) is 9.25. The molecule has 1 N–H and O–H groups in total. The van der Waals surface area contributed by atoms with Crippen LogP contribution in [-0.2, 0) is 13.5 Å². The van der Waals surface area contributed by atoms with E-state index in [1.54, 1.807) is 0 Å². The van der Waals surface area contributed by atoms with Gasteiger partial charge < -0.3 is 14.8 Å². The Morgan fingerprint density at radius 1 is 1.47 bits per heavy atom. The van der Waals surface area contributed by atoms with Crippen LogP contribution in [0.15, 0.2) is 12.4 Å². The highest BCUT2D eigenvalue weighted by molar-refractivity contribution is 4.92. The zero-order chi connectivity index (χ0) is 13.7. The Morgan fingerprint density at radius 3 is 3.00 bits per heavy atom. The maximum absolute atomic E-state index is 4.40. The van der Waals surface area contributed by atoms with E-state index in [0.29, 0.717) is 6.04 Å². The third-order valence-corrected chi connectivity index (χ3v) is 3.99. The Labute approximate surface area is 117 Å². The van der Waals surface area contributed by atoms with Crippen LogP contribution < -0.4 is 5.32 Å². The number of imidazole rings is 1. The fourth-order valence-corrected chi connectivity index (χ4v) is 2.82. The number of rotatable bonds is 6. The molecule has 4 heteroatoms. The average molecular weight is 264 g/mol. The van der Waals surface area contributed by atoms with Crippen molar-refractivity contribution in [3.05, 3.63) is 18.2 Å². The molecule has 0 spiro atoms. The minimum atomic E-state index is 0.600. The smallest absolute Gasteiger partial charge is 0.109 e. The SMILES string of the molecule is CC(C)NCC1CCCN(CCc2nccn2C)C1. The molecule has 0 saturated carbocycles. The standard InChI is InChI=1S/C15H28N4/c1-13(2)17-11-14-5-4-8-19(12-14)9-6-15-16-7-10-18(15)3/h7,10,13-14,17H,4-6,8-9,11-12H2,1-3H3. The normalized spacial score (nSPS) is 21.2. The third-order valence-electron chi connectivity index (χ3n) is 3.99. The van der Waals surface area contributed by atoms with Crippen molar-refractivity contribution in [3.63, 3.8) is 0 Å². The van der Waals surface area contributed by atoms with Crippen molar-refractivity contribution < 1.29 is 0 Å². The molecular formula is C15H28N4. The van der Waals surface area contributed by atoms with E-state index in [-0.39, 0.29) is 0 Å². The first-order valence-electron chi connectivity index (χ1n) is 7.57. The summed E-state index contributed by atoms with van der Waals surface area (Å²) in [5.74, 6) is 2.01. The fourth-order valence-electron chi connectivity index (χ4n) is 2.82. The highest BCUT2D eigenvalue weighted by atomic mass is 15.1. The van der Waals surface area contributed by atoms with Gasteiger partial charge in [0.25, 0.3) is 0 Å². The number of aryl methyl sites for hydroxylation is 1. The molecule has 2 rings (SSSR count). The second-order valence-corrected chi connectivity index (χ2v) is 6.08. The lowest BCUT2D eigenvalue weighted by Gasteiger charge is -2.33. The van der Waals surface area contributed by atoms with Crippen molar-refractivity contribution in [3.8, 4) is 0 Å². The van der Waals surface area contributed by atoms with E-state index < -0.39 is 0 Å². The van der Waals surface area contributed by atoms with Gasteiger partial charge in [-0.2, -0.15) is 0 Å². The van der Waals surface area contributed by atoms with Gasteiger partial charge in [-0.1, -0.05) is 13.8 Å². The predicted molar refractivity (Wildman–Crippen MR) is 79.2 cm³/mol. The lowest BCUT2D eigenvalue weighted by molar-refractivity contribution is 0.171. The molecule has 1 fully saturated rings. The van der Waals surface area contributed by atoms with Crippen LogP contribution in [0.1, 0.15) is 32.5 Å². The first-order valence-corrected chi connectivity index (χ1v) is 7.57. The van der Waals surface area contributed by atoms with Crippen LogP contribution in [0, 0.1) is 5.92 Å². The van der Waals surface area contributed by atoms with Crippen LogP contribution >= 0.6 is 0 Å². The average Bonchev–Trinajstić information content (AvgIpc) is 2.80. The summed E-state index contributed by atoms with van der Waals surface area (Å²) in [6, 6.07) is 0.600. The van der Waals surface area contributed by atoms with Crippen molar-refractivity contribution in [2.75, 3.05) is 26.2 Å². The molecular weight excluding hydrogens is 236 g/mol. The summed E-state index contributed by atoms with van der Waals surface area (Å²) < 4.78 is 2.13. The molecule has 1 unspecified atom stereocenters. The van der Waals surface area contributed by atoms with Crippen LogP contribution in [0.2, 0.25) is 0 Å². The molecule has 0 aromatic carbocycles. The fraction of sp³-hybridized carbons (Fsp3) is 0.800. The lowest BCUT2D eigenvalue weighted by Crippen LogP contribution is -2.41. The van der Waals surface area contributed by atoms with Crippen molar-refractivity contribution in [1.82, 2.24) is 19.8 Å². The summed E-state index contributed by atoms with van der Waals surface area (Å²) in [6.07, 6.45) is 7.69. The quantitative estimate of drug-likeness (QED) is 0.848. The number of nitrogens with zero attached hydrogens (tertiary/aromatic N) is 3. The van der Waals surface area contributed by atoms with Gasteiger partial charge >= 0.3 is 0 Å². The summed E-state index contributed by atoms with van der Waals surface area (Å²) >= 11 is 0.